The summed E-state index contributed by atoms with van der Waals surface area (Å²) in [6.07, 6.45) is 0. The van der Waals surface area contributed by atoms with Crippen molar-refractivity contribution in [1.29, 1.82) is 0 Å². The van der Waals surface area contributed by atoms with Crippen molar-refractivity contribution >= 4 is 22.9 Å². The molecule has 0 saturated heterocycles. The van der Waals surface area contributed by atoms with Crippen LogP contribution in [0.2, 0.25) is 0 Å². The van der Waals surface area contributed by atoms with Gasteiger partial charge in [0.2, 0.25) is 5.90 Å². The van der Waals surface area contributed by atoms with Crippen molar-refractivity contribution in [3.8, 4) is 0 Å². The number of nitrogens with zero attached hydrogens (tertiary/aromatic N) is 1. The summed E-state index contributed by atoms with van der Waals surface area (Å²) in [5.74, 6) is 0.551. The Morgan fingerprint density at radius 2 is 2.27 bits per heavy atom. The molecule has 3 nitrogen and oxygen atoms in total. The third-order valence-electron chi connectivity index (χ3n) is 1.33. The first-order valence-electron chi connectivity index (χ1n) is 3.51. The number of hydrogen-bond donors (Lipinski definition) is 0. The molecule has 0 aliphatic carbocycles. The van der Waals surface area contributed by atoms with Crippen molar-refractivity contribution in [2.45, 2.75) is 25.5 Å². The minimum absolute atomic E-state index is 0.154. The normalized spacial score (nSPS) is 21.7. The first-order chi connectivity index (χ1) is 5.06. The standard InChI is InChI=1S/C7H11NO2S/c1-4-10-5-7(2,3)11-6(9)8-5/h4H2,1-3H3. The lowest BCUT2D eigenvalue weighted by atomic mass is 10.2. The van der Waals surface area contributed by atoms with Gasteiger partial charge in [0.25, 0.3) is 0 Å². The molecular weight excluding hydrogens is 162 g/mol. The quantitative estimate of drug-likeness (QED) is 0.609. The fourth-order valence-electron chi connectivity index (χ4n) is 0.845. The molecule has 0 aromatic carbocycles. The van der Waals surface area contributed by atoms with E-state index in [1.165, 1.54) is 11.8 Å². The maximum atomic E-state index is 10.8. The Morgan fingerprint density at radius 1 is 1.64 bits per heavy atom. The Bertz CT molecular complexity index is 210. The van der Waals surface area contributed by atoms with E-state index in [0.717, 1.165) is 0 Å². The summed E-state index contributed by atoms with van der Waals surface area (Å²) < 4.78 is 4.93. The van der Waals surface area contributed by atoms with Crippen LogP contribution in [0.15, 0.2) is 4.99 Å². The van der Waals surface area contributed by atoms with Crippen LogP contribution >= 0.6 is 11.8 Å². The zero-order valence-electron chi connectivity index (χ0n) is 6.88. The van der Waals surface area contributed by atoms with E-state index in [0.29, 0.717) is 12.5 Å². The largest absolute Gasteiger partial charge is 0.480 e. The lowest BCUT2D eigenvalue weighted by Gasteiger charge is -2.16. The van der Waals surface area contributed by atoms with Gasteiger partial charge in [-0.3, -0.25) is 4.79 Å². The first kappa shape index (κ1) is 8.59. The van der Waals surface area contributed by atoms with Gasteiger partial charge >= 0.3 is 5.24 Å². The number of hydrogen-bond acceptors (Lipinski definition) is 3. The molecule has 0 spiro atoms. The van der Waals surface area contributed by atoms with E-state index < -0.39 is 0 Å². The minimum atomic E-state index is -0.271. The number of rotatable bonds is 1. The second kappa shape index (κ2) is 2.85. The Kier molecular flexibility index (Phi) is 2.23. The number of thioether (sulfide) groups is 1. The summed E-state index contributed by atoms with van der Waals surface area (Å²) in [5.41, 5.74) is 0. The highest BCUT2D eigenvalue weighted by Gasteiger charge is 2.37. The van der Waals surface area contributed by atoms with Crippen molar-refractivity contribution in [1.82, 2.24) is 0 Å². The third kappa shape index (κ3) is 1.74. The number of carbonyl (C=O) groups is 1. The molecular formula is C7H11NO2S. The van der Waals surface area contributed by atoms with Gasteiger partial charge in [-0.2, -0.15) is 4.99 Å². The van der Waals surface area contributed by atoms with Gasteiger partial charge in [-0.1, -0.05) is 0 Å². The van der Waals surface area contributed by atoms with E-state index in [1.54, 1.807) is 0 Å². The van der Waals surface area contributed by atoms with Gasteiger partial charge in [-0.05, 0) is 32.5 Å². The number of carbonyl (C=O) groups excluding carboxylic acids is 1. The smallest absolute Gasteiger partial charge is 0.308 e. The second-order valence-corrected chi connectivity index (χ2v) is 4.30. The van der Waals surface area contributed by atoms with Gasteiger partial charge in [-0.15, -0.1) is 0 Å². The lowest BCUT2D eigenvalue weighted by Crippen LogP contribution is -2.26. The zero-order chi connectivity index (χ0) is 8.48. The summed E-state index contributed by atoms with van der Waals surface area (Å²) >= 11 is 1.20. The van der Waals surface area contributed by atoms with Crippen LogP contribution in [0.5, 0.6) is 0 Å². The molecule has 1 amide bonds. The fourth-order valence-corrected chi connectivity index (χ4v) is 1.60. The number of amides is 1. The highest BCUT2D eigenvalue weighted by atomic mass is 32.2. The van der Waals surface area contributed by atoms with Crippen LogP contribution in [-0.2, 0) is 4.74 Å². The van der Waals surface area contributed by atoms with Crippen LogP contribution in [0.4, 0.5) is 4.79 Å². The number of ether oxygens (including phenoxy) is 1. The molecule has 62 valence electrons. The third-order valence-corrected chi connectivity index (χ3v) is 2.28. The molecule has 0 saturated carbocycles. The minimum Gasteiger partial charge on any atom is -0.480 e. The summed E-state index contributed by atoms with van der Waals surface area (Å²) in [6.45, 7) is 6.30. The molecule has 0 atom stereocenters. The van der Waals surface area contributed by atoms with Crippen LogP contribution in [-0.4, -0.2) is 22.5 Å². The SMILES string of the molecule is CCOC1=NC(=O)SC1(C)C. The molecule has 0 fully saturated rings. The molecule has 0 bridgehead atoms. The van der Waals surface area contributed by atoms with Gasteiger partial charge < -0.3 is 4.74 Å². The maximum Gasteiger partial charge on any atom is 0.308 e. The lowest BCUT2D eigenvalue weighted by molar-refractivity contribution is 0.266. The van der Waals surface area contributed by atoms with Crippen LogP contribution in [0.3, 0.4) is 0 Å². The monoisotopic (exact) mass is 173 g/mol. The average Bonchev–Trinajstić information content (AvgIpc) is 2.07. The second-order valence-electron chi connectivity index (χ2n) is 2.73. The maximum absolute atomic E-state index is 10.8. The molecule has 0 aromatic rings. The van der Waals surface area contributed by atoms with E-state index in [-0.39, 0.29) is 9.99 Å². The van der Waals surface area contributed by atoms with Gasteiger partial charge in [0, 0.05) is 0 Å². The van der Waals surface area contributed by atoms with Gasteiger partial charge in [0.05, 0.1) is 11.4 Å². The highest BCUT2D eigenvalue weighted by molar-refractivity contribution is 8.15. The van der Waals surface area contributed by atoms with Crippen molar-refractivity contribution in [3.63, 3.8) is 0 Å². The predicted octanol–water partition coefficient (Wildman–Crippen LogP) is 2.07. The van der Waals surface area contributed by atoms with E-state index >= 15 is 0 Å². The average molecular weight is 173 g/mol. The molecule has 0 aromatic heterocycles. The van der Waals surface area contributed by atoms with E-state index in [1.807, 2.05) is 20.8 Å². The summed E-state index contributed by atoms with van der Waals surface area (Å²) in [4.78, 5) is 14.6. The highest BCUT2D eigenvalue weighted by Crippen LogP contribution is 2.34. The fraction of sp³-hybridized carbons (Fsp3) is 0.714. The molecule has 1 aliphatic heterocycles. The molecule has 1 heterocycles. The van der Waals surface area contributed by atoms with Crippen LogP contribution in [0.1, 0.15) is 20.8 Å². The van der Waals surface area contributed by atoms with Gasteiger partial charge in [0.1, 0.15) is 0 Å². The van der Waals surface area contributed by atoms with E-state index in [4.69, 9.17) is 4.74 Å². The Morgan fingerprint density at radius 3 is 2.64 bits per heavy atom. The van der Waals surface area contributed by atoms with Crippen molar-refractivity contribution in [3.05, 3.63) is 0 Å². The molecule has 0 unspecified atom stereocenters. The van der Waals surface area contributed by atoms with Crippen molar-refractivity contribution in [2.24, 2.45) is 4.99 Å². The van der Waals surface area contributed by atoms with Gasteiger partial charge in [0.15, 0.2) is 0 Å². The molecule has 0 radical (unpaired) electrons. The zero-order valence-corrected chi connectivity index (χ0v) is 7.70. The topological polar surface area (TPSA) is 38.7 Å². The van der Waals surface area contributed by atoms with Crippen molar-refractivity contribution < 1.29 is 9.53 Å². The molecule has 0 N–H and O–H groups in total. The Labute approximate surface area is 70.2 Å². The summed E-state index contributed by atoms with van der Waals surface area (Å²) in [6, 6.07) is 0. The van der Waals surface area contributed by atoms with E-state index in [2.05, 4.69) is 4.99 Å². The summed E-state index contributed by atoms with van der Waals surface area (Å²) in [7, 11) is 0. The molecule has 4 heteroatoms. The van der Waals surface area contributed by atoms with Crippen LogP contribution < -0.4 is 0 Å². The number of aliphatic imine (C=N–C) groups is 1. The van der Waals surface area contributed by atoms with Crippen LogP contribution in [0.25, 0.3) is 0 Å². The molecule has 1 aliphatic rings. The Hall–Kier alpha value is -0.510. The predicted molar refractivity (Wildman–Crippen MR) is 46.1 cm³/mol. The molecule has 1 rings (SSSR count). The molecule has 11 heavy (non-hydrogen) atoms. The first-order valence-corrected chi connectivity index (χ1v) is 4.33. The van der Waals surface area contributed by atoms with Crippen LogP contribution in [0, 0.1) is 0 Å². The Balaban J connectivity index is 2.75. The summed E-state index contributed by atoms with van der Waals surface area (Å²) in [5, 5.41) is -0.154. The van der Waals surface area contributed by atoms with Gasteiger partial charge in [-0.25, -0.2) is 0 Å². The van der Waals surface area contributed by atoms with E-state index in [9.17, 15) is 4.79 Å². The van der Waals surface area contributed by atoms with Crippen molar-refractivity contribution in [2.75, 3.05) is 6.61 Å².